The van der Waals surface area contributed by atoms with Gasteiger partial charge in [-0.15, -0.1) is 0 Å². The summed E-state index contributed by atoms with van der Waals surface area (Å²) in [5.74, 6) is 0.119. The molecule has 100 valence electrons. The molecule has 1 aromatic carbocycles. The molecule has 0 radical (unpaired) electrons. The molecule has 0 aliphatic heterocycles. The minimum atomic E-state index is -0.852. The highest BCUT2D eigenvalue weighted by atomic mass is 16.6. The Morgan fingerprint density at radius 3 is 2.74 bits per heavy atom. The second-order valence-corrected chi connectivity index (χ2v) is 4.84. The Kier molecular flexibility index (Phi) is 3.42. The van der Waals surface area contributed by atoms with Crippen molar-refractivity contribution in [2.45, 2.75) is 31.7 Å². The number of benzene rings is 1. The first-order chi connectivity index (χ1) is 9.03. The molecule has 1 aliphatic carbocycles. The first kappa shape index (κ1) is 13.3. The highest BCUT2D eigenvalue weighted by Crippen LogP contribution is 2.43. The fourth-order valence-electron chi connectivity index (χ4n) is 2.92. The van der Waals surface area contributed by atoms with Crippen LogP contribution in [0.4, 0.5) is 0 Å². The van der Waals surface area contributed by atoms with Crippen LogP contribution in [0.2, 0.25) is 0 Å². The molecular formula is C15H17NO3. The average molecular weight is 259 g/mol. The van der Waals surface area contributed by atoms with E-state index >= 15 is 0 Å². The van der Waals surface area contributed by atoms with Gasteiger partial charge in [-0.3, -0.25) is 10.1 Å². The zero-order valence-electron chi connectivity index (χ0n) is 11.0. The van der Waals surface area contributed by atoms with Crippen molar-refractivity contribution in [3.63, 3.8) is 0 Å². The van der Waals surface area contributed by atoms with E-state index < -0.39 is 11.5 Å². The zero-order chi connectivity index (χ0) is 14.0. The molecule has 1 aromatic rings. The van der Waals surface area contributed by atoms with Crippen LogP contribution in [0, 0.1) is 17.0 Å². The smallest absolute Gasteiger partial charge is 0.244 e. The van der Waals surface area contributed by atoms with Gasteiger partial charge in [0.05, 0.1) is 5.41 Å². The first-order valence-electron chi connectivity index (χ1n) is 6.31. The summed E-state index contributed by atoms with van der Waals surface area (Å²) in [6, 6.07) is 4.36. The SMILES string of the molecule is CC[C@@]1(c2c(C)cccc2O)C=CC=CC1[N+](=O)[O-]. The van der Waals surface area contributed by atoms with Gasteiger partial charge in [-0.05, 0) is 31.1 Å². The lowest BCUT2D eigenvalue weighted by atomic mass is 9.68. The van der Waals surface area contributed by atoms with E-state index in [1.807, 2.05) is 32.1 Å². The Labute approximate surface area is 112 Å². The van der Waals surface area contributed by atoms with E-state index in [1.165, 1.54) is 0 Å². The van der Waals surface area contributed by atoms with Crippen LogP contribution >= 0.6 is 0 Å². The maximum atomic E-state index is 11.4. The monoisotopic (exact) mass is 259 g/mol. The van der Waals surface area contributed by atoms with Gasteiger partial charge in [-0.25, -0.2) is 0 Å². The van der Waals surface area contributed by atoms with Gasteiger partial charge in [0.25, 0.3) is 0 Å². The molecule has 0 fully saturated rings. The molecule has 0 bridgehead atoms. The summed E-state index contributed by atoms with van der Waals surface area (Å²) in [4.78, 5) is 11.1. The lowest BCUT2D eigenvalue weighted by molar-refractivity contribution is -0.519. The van der Waals surface area contributed by atoms with Crippen molar-refractivity contribution in [3.05, 3.63) is 63.7 Å². The van der Waals surface area contributed by atoms with Crippen molar-refractivity contribution in [3.8, 4) is 5.75 Å². The molecule has 0 saturated heterocycles. The standard InChI is InChI=1S/C15H17NO3/c1-3-15(10-5-4-9-13(15)16(18)19)14-11(2)7-6-8-12(14)17/h4-10,13,17H,3H2,1-2H3/t13?,15-/m1/s1. The Balaban J connectivity index is 2.69. The van der Waals surface area contributed by atoms with Crippen molar-refractivity contribution in [1.29, 1.82) is 0 Å². The summed E-state index contributed by atoms with van der Waals surface area (Å²) >= 11 is 0. The molecule has 4 nitrogen and oxygen atoms in total. The normalized spacial score (nSPS) is 25.5. The van der Waals surface area contributed by atoms with Gasteiger partial charge in [0.2, 0.25) is 6.04 Å². The highest BCUT2D eigenvalue weighted by molar-refractivity contribution is 5.50. The number of hydrogen-bond donors (Lipinski definition) is 1. The lowest BCUT2D eigenvalue weighted by Gasteiger charge is -2.34. The van der Waals surface area contributed by atoms with E-state index in [0.717, 1.165) is 5.56 Å². The minimum absolute atomic E-state index is 0.119. The van der Waals surface area contributed by atoms with E-state index in [0.29, 0.717) is 12.0 Å². The Morgan fingerprint density at radius 1 is 1.42 bits per heavy atom. The van der Waals surface area contributed by atoms with E-state index in [1.54, 1.807) is 24.3 Å². The van der Waals surface area contributed by atoms with Gasteiger partial charge in [0.15, 0.2) is 0 Å². The van der Waals surface area contributed by atoms with Crippen LogP contribution in [-0.2, 0) is 5.41 Å². The largest absolute Gasteiger partial charge is 0.508 e. The van der Waals surface area contributed by atoms with Crippen LogP contribution < -0.4 is 0 Å². The van der Waals surface area contributed by atoms with E-state index in [-0.39, 0.29) is 10.7 Å². The Bertz CT molecular complexity index is 542. The molecule has 0 aromatic heterocycles. The molecule has 0 saturated carbocycles. The van der Waals surface area contributed by atoms with E-state index in [9.17, 15) is 15.2 Å². The van der Waals surface area contributed by atoms with Gasteiger partial charge in [0, 0.05) is 10.5 Å². The van der Waals surface area contributed by atoms with Crippen molar-refractivity contribution >= 4 is 0 Å². The quantitative estimate of drug-likeness (QED) is 0.670. The van der Waals surface area contributed by atoms with Crippen LogP contribution in [0.25, 0.3) is 0 Å². The number of hydrogen-bond acceptors (Lipinski definition) is 3. The number of phenolic OH excluding ortho intramolecular Hbond substituents is 1. The van der Waals surface area contributed by atoms with E-state index in [2.05, 4.69) is 0 Å². The fourth-order valence-corrected chi connectivity index (χ4v) is 2.92. The number of aromatic hydroxyl groups is 1. The number of rotatable bonds is 3. The van der Waals surface area contributed by atoms with Crippen LogP contribution in [0.15, 0.2) is 42.5 Å². The molecule has 0 heterocycles. The summed E-state index contributed by atoms with van der Waals surface area (Å²) in [5, 5.41) is 21.5. The first-order valence-corrected chi connectivity index (χ1v) is 6.31. The summed E-state index contributed by atoms with van der Waals surface area (Å²) < 4.78 is 0. The second kappa shape index (κ2) is 4.88. The van der Waals surface area contributed by atoms with Gasteiger partial charge in [0.1, 0.15) is 5.75 Å². The molecule has 1 aliphatic rings. The number of nitro groups is 1. The summed E-state index contributed by atoms with van der Waals surface area (Å²) in [5.41, 5.74) is 0.738. The molecule has 1 unspecified atom stereocenters. The summed E-state index contributed by atoms with van der Waals surface area (Å²) in [6.07, 6.45) is 7.49. The highest BCUT2D eigenvalue weighted by Gasteiger charge is 2.46. The Hall–Kier alpha value is -2.10. The third-order valence-corrected chi connectivity index (χ3v) is 3.85. The average Bonchev–Trinajstić information content (AvgIpc) is 2.38. The minimum Gasteiger partial charge on any atom is -0.508 e. The topological polar surface area (TPSA) is 63.4 Å². The second-order valence-electron chi connectivity index (χ2n) is 4.84. The zero-order valence-corrected chi connectivity index (χ0v) is 11.0. The molecule has 1 N–H and O–H groups in total. The third kappa shape index (κ3) is 2.03. The number of aryl methyl sites for hydroxylation is 1. The van der Waals surface area contributed by atoms with Crippen LogP contribution in [0.1, 0.15) is 24.5 Å². The molecule has 0 amide bonds. The molecule has 19 heavy (non-hydrogen) atoms. The number of phenols is 1. The predicted molar refractivity (Wildman–Crippen MR) is 73.9 cm³/mol. The lowest BCUT2D eigenvalue weighted by Crippen LogP contribution is -2.43. The van der Waals surface area contributed by atoms with Crippen molar-refractivity contribution in [2.24, 2.45) is 0 Å². The summed E-state index contributed by atoms with van der Waals surface area (Å²) in [7, 11) is 0. The Morgan fingerprint density at radius 2 is 2.16 bits per heavy atom. The molecule has 4 heteroatoms. The maximum absolute atomic E-state index is 11.4. The van der Waals surface area contributed by atoms with Crippen LogP contribution in [-0.4, -0.2) is 16.1 Å². The van der Waals surface area contributed by atoms with Crippen LogP contribution in [0.5, 0.6) is 5.75 Å². The fraction of sp³-hybridized carbons (Fsp3) is 0.333. The summed E-state index contributed by atoms with van der Waals surface area (Å²) in [6.45, 7) is 3.78. The molecule has 0 spiro atoms. The third-order valence-electron chi connectivity index (χ3n) is 3.85. The molecule has 2 atom stereocenters. The molecular weight excluding hydrogens is 242 g/mol. The van der Waals surface area contributed by atoms with Crippen molar-refractivity contribution in [1.82, 2.24) is 0 Å². The maximum Gasteiger partial charge on any atom is 0.244 e. The number of nitrogens with zero attached hydrogens (tertiary/aromatic N) is 1. The van der Waals surface area contributed by atoms with Gasteiger partial charge < -0.3 is 5.11 Å². The number of allylic oxidation sites excluding steroid dienone is 2. The van der Waals surface area contributed by atoms with E-state index in [4.69, 9.17) is 0 Å². The van der Waals surface area contributed by atoms with Crippen molar-refractivity contribution in [2.75, 3.05) is 0 Å². The van der Waals surface area contributed by atoms with Gasteiger partial charge in [-0.1, -0.05) is 37.3 Å². The van der Waals surface area contributed by atoms with Gasteiger partial charge >= 0.3 is 0 Å². The van der Waals surface area contributed by atoms with Gasteiger partial charge in [-0.2, -0.15) is 0 Å². The van der Waals surface area contributed by atoms with Crippen molar-refractivity contribution < 1.29 is 10.0 Å². The molecule has 2 rings (SSSR count). The predicted octanol–water partition coefficient (Wildman–Crippen LogP) is 3.12. The van der Waals surface area contributed by atoms with Crippen LogP contribution in [0.3, 0.4) is 0 Å².